The van der Waals surface area contributed by atoms with Gasteiger partial charge >= 0.3 is 0 Å². The van der Waals surface area contributed by atoms with Gasteiger partial charge in [0.1, 0.15) is 0 Å². The van der Waals surface area contributed by atoms with E-state index in [0.717, 1.165) is 12.1 Å². The minimum Gasteiger partial charge on any atom is -0.353 e. The summed E-state index contributed by atoms with van der Waals surface area (Å²) in [7, 11) is 0. The first-order valence-electron chi connectivity index (χ1n) is 3.97. The Morgan fingerprint density at radius 3 is 2.92 bits per heavy atom. The second kappa shape index (κ2) is 4.49. The molecule has 64 valence electrons. The van der Waals surface area contributed by atoms with Crippen LogP contribution < -0.4 is 5.32 Å². The van der Waals surface area contributed by atoms with E-state index in [1.165, 1.54) is 5.56 Å². The van der Waals surface area contributed by atoms with Gasteiger partial charge in [0.05, 0.1) is 12.2 Å². The third-order valence-electron chi connectivity index (χ3n) is 1.66. The summed E-state index contributed by atoms with van der Waals surface area (Å²) in [5.41, 5.74) is 2.10. The molecule has 0 aromatic carbocycles. The lowest BCUT2D eigenvalue weighted by molar-refractivity contribution is -0.109. The number of aryl methyl sites for hydroxylation is 1. The van der Waals surface area contributed by atoms with Crippen molar-refractivity contribution in [3.8, 4) is 0 Å². The molecule has 0 fully saturated rings. The number of aromatic nitrogens is 1. The van der Waals surface area contributed by atoms with Crippen molar-refractivity contribution in [1.82, 2.24) is 10.3 Å². The van der Waals surface area contributed by atoms with Crippen LogP contribution in [0.4, 0.5) is 0 Å². The highest BCUT2D eigenvalue weighted by molar-refractivity contribution is 5.45. The zero-order valence-corrected chi connectivity index (χ0v) is 7.08. The number of carbonyl (C=O) groups excluding carboxylic acids is 1. The van der Waals surface area contributed by atoms with Crippen LogP contribution in [0, 0.1) is 0 Å². The number of pyridine rings is 1. The molecule has 1 heterocycles. The van der Waals surface area contributed by atoms with Crippen molar-refractivity contribution in [1.29, 1.82) is 0 Å². The maximum atomic E-state index is 9.96. The smallest absolute Gasteiger partial charge is 0.207 e. The topological polar surface area (TPSA) is 42.0 Å². The van der Waals surface area contributed by atoms with E-state index in [9.17, 15) is 4.79 Å². The molecule has 0 unspecified atom stereocenters. The molecule has 1 N–H and O–H groups in total. The van der Waals surface area contributed by atoms with Gasteiger partial charge < -0.3 is 5.32 Å². The van der Waals surface area contributed by atoms with E-state index in [2.05, 4.69) is 17.2 Å². The third kappa shape index (κ3) is 2.34. The molecule has 0 spiro atoms. The van der Waals surface area contributed by atoms with Crippen molar-refractivity contribution in [3.05, 3.63) is 29.6 Å². The Kier molecular flexibility index (Phi) is 3.26. The van der Waals surface area contributed by atoms with Gasteiger partial charge in [-0.05, 0) is 18.1 Å². The lowest BCUT2D eigenvalue weighted by Crippen LogP contribution is -2.10. The largest absolute Gasteiger partial charge is 0.353 e. The number of rotatable bonds is 4. The van der Waals surface area contributed by atoms with E-state index >= 15 is 0 Å². The van der Waals surface area contributed by atoms with Crippen LogP contribution in [0.3, 0.4) is 0 Å². The molecule has 0 bridgehead atoms. The van der Waals surface area contributed by atoms with Crippen LogP contribution in [0.5, 0.6) is 0 Å². The van der Waals surface area contributed by atoms with Crippen molar-refractivity contribution < 1.29 is 4.79 Å². The summed E-state index contributed by atoms with van der Waals surface area (Å²) < 4.78 is 0. The Labute approximate surface area is 71.8 Å². The molecule has 1 aromatic heterocycles. The average Bonchev–Trinajstić information content (AvgIpc) is 2.15. The van der Waals surface area contributed by atoms with Gasteiger partial charge in [-0.15, -0.1) is 0 Å². The second-order valence-corrected chi connectivity index (χ2v) is 2.51. The molecule has 0 atom stereocenters. The van der Waals surface area contributed by atoms with Crippen molar-refractivity contribution in [2.45, 2.75) is 19.9 Å². The fraction of sp³-hybridized carbons (Fsp3) is 0.333. The first-order chi connectivity index (χ1) is 5.86. The van der Waals surface area contributed by atoms with E-state index in [-0.39, 0.29) is 0 Å². The van der Waals surface area contributed by atoms with Gasteiger partial charge in [-0.2, -0.15) is 0 Å². The molecule has 0 aliphatic rings. The summed E-state index contributed by atoms with van der Waals surface area (Å²) in [6, 6.07) is 3.95. The SMILES string of the molecule is CCc1ccc(CNC=O)nc1. The molecule has 0 saturated carbocycles. The molecular weight excluding hydrogens is 152 g/mol. The van der Waals surface area contributed by atoms with Gasteiger partial charge in [0, 0.05) is 6.20 Å². The molecule has 0 aliphatic carbocycles. The van der Waals surface area contributed by atoms with Crippen LogP contribution >= 0.6 is 0 Å². The van der Waals surface area contributed by atoms with E-state index in [4.69, 9.17) is 0 Å². The maximum absolute atomic E-state index is 9.96. The fourth-order valence-corrected chi connectivity index (χ4v) is 0.915. The highest BCUT2D eigenvalue weighted by Crippen LogP contribution is 1.99. The van der Waals surface area contributed by atoms with E-state index < -0.39 is 0 Å². The Morgan fingerprint density at radius 2 is 2.42 bits per heavy atom. The number of carbonyl (C=O) groups is 1. The zero-order valence-electron chi connectivity index (χ0n) is 7.08. The number of nitrogens with zero attached hydrogens (tertiary/aromatic N) is 1. The molecule has 1 rings (SSSR count). The molecule has 3 nitrogen and oxygen atoms in total. The first-order valence-corrected chi connectivity index (χ1v) is 3.97. The lowest BCUT2D eigenvalue weighted by atomic mass is 10.2. The fourth-order valence-electron chi connectivity index (χ4n) is 0.915. The number of nitrogens with one attached hydrogen (secondary N) is 1. The zero-order chi connectivity index (χ0) is 8.81. The Morgan fingerprint density at radius 1 is 1.58 bits per heavy atom. The van der Waals surface area contributed by atoms with Gasteiger partial charge in [0.15, 0.2) is 0 Å². The van der Waals surface area contributed by atoms with E-state index in [1.807, 2.05) is 18.3 Å². The molecule has 12 heavy (non-hydrogen) atoms. The van der Waals surface area contributed by atoms with Crippen LogP contribution in [0.2, 0.25) is 0 Å². The molecule has 0 aliphatic heterocycles. The summed E-state index contributed by atoms with van der Waals surface area (Å²) in [6.07, 6.45) is 3.51. The molecule has 3 heteroatoms. The highest BCUT2D eigenvalue weighted by atomic mass is 16.1. The van der Waals surface area contributed by atoms with Gasteiger partial charge in [-0.3, -0.25) is 9.78 Å². The summed E-state index contributed by atoms with van der Waals surface area (Å²) in [6.45, 7) is 2.59. The Hall–Kier alpha value is -1.38. The number of hydrogen-bond acceptors (Lipinski definition) is 2. The minimum absolute atomic E-state index is 0.507. The lowest BCUT2D eigenvalue weighted by Gasteiger charge is -1.99. The predicted octanol–water partition coefficient (Wildman–Crippen LogP) is 0.890. The molecular formula is C9H12N2O. The first kappa shape index (κ1) is 8.71. The highest BCUT2D eigenvalue weighted by Gasteiger charge is 1.92. The minimum atomic E-state index is 0.507. The van der Waals surface area contributed by atoms with E-state index in [0.29, 0.717) is 13.0 Å². The maximum Gasteiger partial charge on any atom is 0.207 e. The van der Waals surface area contributed by atoms with Crippen LogP contribution in [-0.4, -0.2) is 11.4 Å². The summed E-state index contributed by atoms with van der Waals surface area (Å²) in [4.78, 5) is 14.1. The Bertz CT molecular complexity index is 243. The quantitative estimate of drug-likeness (QED) is 0.671. The summed E-state index contributed by atoms with van der Waals surface area (Å²) in [5.74, 6) is 0. The third-order valence-corrected chi connectivity index (χ3v) is 1.66. The van der Waals surface area contributed by atoms with Gasteiger partial charge in [-0.1, -0.05) is 13.0 Å². The molecule has 0 radical (unpaired) electrons. The second-order valence-electron chi connectivity index (χ2n) is 2.51. The molecule has 1 aromatic rings. The predicted molar refractivity (Wildman–Crippen MR) is 46.5 cm³/mol. The normalized spacial score (nSPS) is 9.42. The standard InChI is InChI=1S/C9H12N2O/c1-2-8-3-4-9(11-5-8)6-10-7-12/h3-5,7H,2,6H2,1H3,(H,10,12). The average molecular weight is 164 g/mol. The monoisotopic (exact) mass is 164 g/mol. The van der Waals surface area contributed by atoms with Crippen LogP contribution in [0.15, 0.2) is 18.3 Å². The van der Waals surface area contributed by atoms with Gasteiger partial charge in [0.2, 0.25) is 6.41 Å². The van der Waals surface area contributed by atoms with E-state index in [1.54, 1.807) is 0 Å². The van der Waals surface area contributed by atoms with Crippen molar-refractivity contribution in [2.75, 3.05) is 0 Å². The number of amides is 1. The van der Waals surface area contributed by atoms with Crippen LogP contribution in [0.25, 0.3) is 0 Å². The van der Waals surface area contributed by atoms with Crippen molar-refractivity contribution in [2.24, 2.45) is 0 Å². The van der Waals surface area contributed by atoms with Crippen LogP contribution in [0.1, 0.15) is 18.2 Å². The Balaban J connectivity index is 2.58. The number of hydrogen-bond donors (Lipinski definition) is 1. The van der Waals surface area contributed by atoms with Crippen LogP contribution in [-0.2, 0) is 17.8 Å². The van der Waals surface area contributed by atoms with Crippen molar-refractivity contribution >= 4 is 6.41 Å². The van der Waals surface area contributed by atoms with Crippen molar-refractivity contribution in [3.63, 3.8) is 0 Å². The summed E-state index contributed by atoms with van der Waals surface area (Å²) >= 11 is 0. The summed E-state index contributed by atoms with van der Waals surface area (Å²) in [5, 5.41) is 2.56. The molecule has 1 amide bonds. The van der Waals surface area contributed by atoms with Gasteiger partial charge in [0.25, 0.3) is 0 Å². The molecule has 0 saturated heterocycles. The van der Waals surface area contributed by atoms with Gasteiger partial charge in [-0.25, -0.2) is 0 Å².